The van der Waals surface area contributed by atoms with Crippen LogP contribution in [0.2, 0.25) is 0 Å². The van der Waals surface area contributed by atoms with Gasteiger partial charge in [0.2, 0.25) is 0 Å². The molecule has 2 aromatic carbocycles. The van der Waals surface area contributed by atoms with Crippen molar-refractivity contribution < 1.29 is 47.0 Å². The first kappa shape index (κ1) is 39.6. The van der Waals surface area contributed by atoms with Crippen molar-refractivity contribution in [1.82, 2.24) is 0 Å². The highest BCUT2D eigenvalue weighted by molar-refractivity contribution is 8.05. The van der Waals surface area contributed by atoms with Gasteiger partial charge in [-0.25, -0.2) is 14.6 Å². The summed E-state index contributed by atoms with van der Waals surface area (Å²) in [6.45, 7) is 14.2. The van der Waals surface area contributed by atoms with Crippen molar-refractivity contribution in [2.24, 2.45) is 0 Å². The zero-order valence-corrected chi connectivity index (χ0v) is 30.0. The highest BCUT2D eigenvalue weighted by Gasteiger charge is 2.27. The number of hydrogen-bond donors (Lipinski definition) is 0. The Hall–Kier alpha value is -1.55. The molecule has 0 saturated heterocycles. The lowest BCUT2D eigenvalue weighted by Crippen LogP contribution is -2.27. The zero-order chi connectivity index (χ0) is 33.8. The van der Waals surface area contributed by atoms with Gasteiger partial charge in [-0.2, -0.15) is 0 Å². The van der Waals surface area contributed by atoms with Crippen molar-refractivity contribution in [2.45, 2.75) is 45.3 Å². The summed E-state index contributed by atoms with van der Waals surface area (Å²) in [4.78, 5) is 21.8. The van der Waals surface area contributed by atoms with Gasteiger partial charge in [-0.05, 0) is 94.2 Å². The second kappa shape index (κ2) is 18.1. The lowest BCUT2D eigenvalue weighted by Gasteiger charge is -2.27. The maximum absolute atomic E-state index is 11.8. The fraction of sp³-hybridized carbons (Fsp3) is 0.414. The van der Waals surface area contributed by atoms with E-state index in [2.05, 4.69) is 27.0 Å². The Kier molecular flexibility index (Phi) is 16.0. The van der Waals surface area contributed by atoms with Crippen molar-refractivity contribution in [2.75, 3.05) is 33.0 Å². The summed E-state index contributed by atoms with van der Waals surface area (Å²) in [6.07, 6.45) is -9.62. The normalized spacial score (nSPS) is 13.5. The van der Waals surface area contributed by atoms with Gasteiger partial charge < -0.3 is 14.2 Å². The van der Waals surface area contributed by atoms with Crippen molar-refractivity contribution >= 4 is 63.1 Å². The number of hydrogen-bond acceptors (Lipinski definition) is 10. The Morgan fingerprint density at radius 1 is 0.733 bits per heavy atom. The molecule has 0 bridgehead atoms. The number of benzene rings is 2. The minimum absolute atomic E-state index is 0.0559. The van der Waals surface area contributed by atoms with E-state index < -0.39 is 35.7 Å². The van der Waals surface area contributed by atoms with Gasteiger partial charge in [-0.3, -0.25) is 18.2 Å². The van der Waals surface area contributed by atoms with Gasteiger partial charge in [0.05, 0.1) is 0 Å². The van der Waals surface area contributed by atoms with Crippen LogP contribution >= 0.6 is 57.1 Å². The second-order valence-corrected chi connectivity index (χ2v) is 18.9. The molecule has 45 heavy (non-hydrogen) atoms. The predicted molar refractivity (Wildman–Crippen MR) is 177 cm³/mol. The maximum atomic E-state index is 11.8. The number of carbonyl (C=O) groups excluding carboxylic acids is 1. The standard InChI is InChI=1S/C29H36Cl4O10P2/c1-20(2)15-40-41-19-27(43-45(32,33)36)17-38-25-13-9-23(10-14-25)29(5,6)22-7-11-24(12-8-22)37-16-26(42-44(30,31)35)18-39-28(34)21(3)4/h7-14,26-27H,1,3,15-19H2,2,4-6H3. The SMILES string of the molecule is C=C(C)COOCC(COc1ccc(C(C)(C)c2ccc(OCC(COC(=O)C(=C)C)OP(=O)(Cl)Cl)cc2)cc1)OP(=O)(Cl)Cl. The Labute approximate surface area is 282 Å². The van der Waals surface area contributed by atoms with Gasteiger partial charge in [0.15, 0.2) is 0 Å². The number of halogens is 4. The Bertz CT molecular complexity index is 1370. The quantitative estimate of drug-likeness (QED) is 0.0247. The Balaban J connectivity index is 2.01. The highest BCUT2D eigenvalue weighted by atomic mass is 35.9. The lowest BCUT2D eigenvalue weighted by atomic mass is 9.78. The molecular weight excluding hydrogens is 712 g/mol. The van der Waals surface area contributed by atoms with Crippen LogP contribution < -0.4 is 9.47 Å². The molecule has 0 aliphatic heterocycles. The second-order valence-electron chi connectivity index (χ2n) is 10.5. The fourth-order valence-electron chi connectivity index (χ4n) is 3.60. The third-order valence-corrected chi connectivity index (χ3v) is 8.00. The lowest BCUT2D eigenvalue weighted by molar-refractivity contribution is -0.298. The van der Waals surface area contributed by atoms with Crippen molar-refractivity contribution in [3.63, 3.8) is 0 Å². The third-order valence-electron chi connectivity index (χ3n) is 5.96. The van der Waals surface area contributed by atoms with E-state index in [4.69, 9.17) is 78.0 Å². The van der Waals surface area contributed by atoms with E-state index in [1.54, 1.807) is 31.2 Å². The van der Waals surface area contributed by atoms with Crippen molar-refractivity contribution in [1.29, 1.82) is 0 Å². The number of ether oxygens (including phenoxy) is 3. The Morgan fingerprint density at radius 3 is 1.53 bits per heavy atom. The van der Waals surface area contributed by atoms with Gasteiger partial charge in [0.1, 0.15) is 56.7 Å². The van der Waals surface area contributed by atoms with Crippen LogP contribution in [0.3, 0.4) is 0 Å². The average molecular weight is 748 g/mol. The van der Waals surface area contributed by atoms with Gasteiger partial charge in [-0.1, -0.05) is 56.8 Å². The first-order valence-corrected chi connectivity index (χ1v) is 20.3. The first-order valence-electron chi connectivity index (χ1n) is 13.4. The van der Waals surface area contributed by atoms with E-state index in [0.717, 1.165) is 16.7 Å². The smallest absolute Gasteiger partial charge is 0.380 e. The van der Waals surface area contributed by atoms with E-state index in [-0.39, 0.29) is 38.6 Å². The molecule has 0 aliphatic rings. The van der Waals surface area contributed by atoms with E-state index in [1.807, 2.05) is 24.3 Å². The molecule has 0 amide bonds. The molecule has 0 aromatic heterocycles. The summed E-state index contributed by atoms with van der Waals surface area (Å²) in [5.41, 5.74) is 2.51. The van der Waals surface area contributed by atoms with E-state index in [1.165, 1.54) is 6.92 Å². The van der Waals surface area contributed by atoms with Crippen LogP contribution in [0.25, 0.3) is 0 Å². The summed E-state index contributed by atoms with van der Waals surface area (Å²) in [6, 6.07) is 14.7. The van der Waals surface area contributed by atoms with Crippen molar-refractivity contribution in [3.05, 3.63) is 84.0 Å². The minimum Gasteiger partial charge on any atom is -0.491 e. The van der Waals surface area contributed by atoms with Gasteiger partial charge in [0.25, 0.3) is 0 Å². The van der Waals surface area contributed by atoms with Gasteiger partial charge >= 0.3 is 18.1 Å². The molecule has 250 valence electrons. The topological polar surface area (TPSA) is 116 Å². The van der Waals surface area contributed by atoms with E-state index in [9.17, 15) is 13.9 Å². The maximum Gasteiger partial charge on any atom is 0.380 e. The molecular formula is C29H36Cl4O10P2. The molecule has 16 heteroatoms. The van der Waals surface area contributed by atoms with E-state index in [0.29, 0.717) is 11.5 Å². The number of esters is 1. The van der Waals surface area contributed by atoms with Crippen LogP contribution in [0.1, 0.15) is 38.8 Å². The molecule has 0 N–H and O–H groups in total. The zero-order valence-electron chi connectivity index (χ0n) is 25.2. The highest BCUT2D eigenvalue weighted by Crippen LogP contribution is 2.59. The molecule has 0 fully saturated rings. The summed E-state index contributed by atoms with van der Waals surface area (Å²) in [7, 11) is 0. The summed E-state index contributed by atoms with van der Waals surface area (Å²) >= 11 is 22.3. The minimum atomic E-state index is -3.92. The fourth-order valence-corrected chi connectivity index (χ4v) is 5.89. The molecule has 10 nitrogen and oxygen atoms in total. The largest absolute Gasteiger partial charge is 0.491 e. The third kappa shape index (κ3) is 15.7. The monoisotopic (exact) mass is 746 g/mol. The average Bonchev–Trinajstić information content (AvgIpc) is 2.94. The van der Waals surface area contributed by atoms with Crippen molar-refractivity contribution in [3.8, 4) is 11.5 Å². The van der Waals surface area contributed by atoms with E-state index >= 15 is 0 Å². The molecule has 2 unspecified atom stereocenters. The Morgan fingerprint density at radius 2 is 1.16 bits per heavy atom. The van der Waals surface area contributed by atoms with Crippen LogP contribution in [0, 0.1) is 0 Å². The van der Waals surface area contributed by atoms with Crippen LogP contribution in [-0.2, 0) is 42.9 Å². The summed E-state index contributed by atoms with van der Waals surface area (Å²) in [5.74, 6) is 0.370. The molecule has 0 saturated carbocycles. The molecule has 2 aromatic rings. The van der Waals surface area contributed by atoms with Gasteiger partial charge in [0, 0.05) is 11.0 Å². The van der Waals surface area contributed by atoms with Crippen LogP contribution in [0.4, 0.5) is 0 Å². The van der Waals surface area contributed by atoms with Crippen LogP contribution in [-0.4, -0.2) is 51.2 Å². The molecule has 2 rings (SSSR count). The molecule has 0 spiro atoms. The van der Waals surface area contributed by atoms with Crippen LogP contribution in [0.15, 0.2) is 72.8 Å². The van der Waals surface area contributed by atoms with Gasteiger partial charge in [-0.15, -0.1) is 0 Å². The molecule has 0 heterocycles. The molecule has 0 radical (unpaired) electrons. The van der Waals surface area contributed by atoms with Crippen LogP contribution in [0.5, 0.6) is 11.5 Å². The molecule has 2 atom stereocenters. The number of carbonyl (C=O) groups is 1. The summed E-state index contributed by atoms with van der Waals surface area (Å²) < 4.78 is 50.4. The summed E-state index contributed by atoms with van der Waals surface area (Å²) in [5, 5.41) is 0. The first-order chi connectivity index (χ1) is 20.9. The molecule has 0 aliphatic carbocycles. The number of rotatable bonds is 20. The predicted octanol–water partition coefficient (Wildman–Crippen LogP) is 9.36.